The summed E-state index contributed by atoms with van der Waals surface area (Å²) in [5.74, 6) is 0.785. The van der Waals surface area contributed by atoms with Crippen LogP contribution in [0.4, 0.5) is 0 Å². The predicted molar refractivity (Wildman–Crippen MR) is 75.4 cm³/mol. The van der Waals surface area contributed by atoms with Crippen molar-refractivity contribution in [2.45, 2.75) is 45.1 Å². The molecule has 1 amide bonds. The van der Waals surface area contributed by atoms with Crippen LogP contribution in [0.2, 0.25) is 0 Å². The summed E-state index contributed by atoms with van der Waals surface area (Å²) in [5, 5.41) is 9.55. The van der Waals surface area contributed by atoms with E-state index in [0.29, 0.717) is 19.4 Å². The number of carbonyl (C=O) groups excluding carboxylic acids is 1. The molecule has 1 aliphatic rings. The first-order valence-corrected chi connectivity index (χ1v) is 7.22. The lowest BCUT2D eigenvalue weighted by molar-refractivity contribution is -0.139. The molecule has 0 atom stereocenters. The Bertz CT molecular complexity index is 506. The summed E-state index contributed by atoms with van der Waals surface area (Å²) in [6.45, 7) is 0.450. The molecule has 5 nitrogen and oxygen atoms in total. The van der Waals surface area contributed by atoms with Gasteiger partial charge in [0.2, 0.25) is 5.91 Å². The van der Waals surface area contributed by atoms with Crippen molar-refractivity contribution in [2.75, 3.05) is 7.05 Å². The first-order chi connectivity index (χ1) is 9.59. The fourth-order valence-electron chi connectivity index (χ4n) is 2.90. The highest BCUT2D eigenvalue weighted by atomic mass is 16.2. The molecule has 2 rings (SSSR count). The van der Waals surface area contributed by atoms with E-state index in [1.54, 1.807) is 18.1 Å². The van der Waals surface area contributed by atoms with E-state index in [0.717, 1.165) is 31.5 Å². The van der Waals surface area contributed by atoms with Gasteiger partial charge in [0, 0.05) is 26.5 Å². The highest BCUT2D eigenvalue weighted by molar-refractivity contribution is 5.85. The predicted octanol–water partition coefficient (Wildman–Crippen LogP) is 2.24. The number of carbonyl (C=O) groups is 1. The minimum absolute atomic E-state index is 0.0510. The van der Waals surface area contributed by atoms with Gasteiger partial charge >= 0.3 is 0 Å². The first kappa shape index (κ1) is 14.6. The Morgan fingerprint density at radius 3 is 2.60 bits per heavy atom. The molecule has 1 heterocycles. The highest BCUT2D eigenvalue weighted by Gasteiger charge is 2.40. The molecule has 0 saturated heterocycles. The Labute approximate surface area is 120 Å². The van der Waals surface area contributed by atoms with Crippen LogP contribution in [0.3, 0.4) is 0 Å². The second-order valence-corrected chi connectivity index (χ2v) is 5.72. The second kappa shape index (κ2) is 6.08. The van der Waals surface area contributed by atoms with Crippen molar-refractivity contribution >= 4 is 5.91 Å². The van der Waals surface area contributed by atoms with E-state index in [2.05, 4.69) is 11.1 Å². The van der Waals surface area contributed by atoms with Gasteiger partial charge in [0.25, 0.3) is 0 Å². The molecule has 0 unspecified atom stereocenters. The molecule has 0 aromatic carbocycles. The van der Waals surface area contributed by atoms with Crippen molar-refractivity contribution < 1.29 is 4.79 Å². The lowest BCUT2D eigenvalue weighted by Crippen LogP contribution is -2.41. The SMILES string of the molecule is CN(Cc1nccn1C)C(=O)C1(C#N)CCCCCC1. The van der Waals surface area contributed by atoms with E-state index in [-0.39, 0.29) is 5.91 Å². The van der Waals surface area contributed by atoms with Crippen LogP contribution >= 0.6 is 0 Å². The Morgan fingerprint density at radius 1 is 1.45 bits per heavy atom. The molecule has 0 N–H and O–H groups in total. The van der Waals surface area contributed by atoms with Crippen molar-refractivity contribution in [2.24, 2.45) is 12.5 Å². The summed E-state index contributed by atoms with van der Waals surface area (Å²) < 4.78 is 1.90. The molecule has 1 fully saturated rings. The van der Waals surface area contributed by atoms with Crippen LogP contribution in [0.25, 0.3) is 0 Å². The fraction of sp³-hybridized carbons (Fsp3) is 0.667. The highest BCUT2D eigenvalue weighted by Crippen LogP contribution is 2.36. The molecule has 20 heavy (non-hydrogen) atoms. The number of hydrogen-bond acceptors (Lipinski definition) is 3. The van der Waals surface area contributed by atoms with Crippen LogP contribution in [-0.2, 0) is 18.4 Å². The lowest BCUT2D eigenvalue weighted by Gasteiger charge is -2.29. The number of aryl methyl sites for hydroxylation is 1. The largest absolute Gasteiger partial charge is 0.337 e. The van der Waals surface area contributed by atoms with Crippen molar-refractivity contribution in [3.8, 4) is 6.07 Å². The van der Waals surface area contributed by atoms with Gasteiger partial charge in [0.15, 0.2) is 0 Å². The van der Waals surface area contributed by atoms with Gasteiger partial charge in [0.05, 0.1) is 12.6 Å². The zero-order chi connectivity index (χ0) is 14.6. The standard InChI is InChI=1S/C15H22N4O/c1-18-10-9-17-13(18)11-19(2)14(20)15(12-16)7-5-3-4-6-8-15/h9-10H,3-8,11H2,1-2H3. The van der Waals surface area contributed by atoms with Gasteiger partial charge in [-0.1, -0.05) is 25.7 Å². The maximum Gasteiger partial charge on any atom is 0.243 e. The van der Waals surface area contributed by atoms with Crippen LogP contribution in [0.1, 0.15) is 44.3 Å². The summed E-state index contributed by atoms with van der Waals surface area (Å²) in [6, 6.07) is 2.31. The monoisotopic (exact) mass is 274 g/mol. The third-order valence-corrected chi connectivity index (χ3v) is 4.23. The van der Waals surface area contributed by atoms with Crippen molar-refractivity contribution in [3.63, 3.8) is 0 Å². The summed E-state index contributed by atoms with van der Waals surface area (Å²) in [7, 11) is 3.67. The molecule has 0 spiro atoms. The van der Waals surface area contributed by atoms with Crippen LogP contribution in [-0.4, -0.2) is 27.4 Å². The summed E-state index contributed by atoms with van der Waals surface area (Å²) in [5.41, 5.74) is -0.823. The quantitative estimate of drug-likeness (QED) is 0.794. The van der Waals surface area contributed by atoms with Gasteiger partial charge < -0.3 is 9.47 Å². The molecular weight excluding hydrogens is 252 g/mol. The molecule has 1 aromatic rings. The summed E-state index contributed by atoms with van der Waals surface area (Å²) >= 11 is 0. The topological polar surface area (TPSA) is 61.9 Å². The zero-order valence-electron chi connectivity index (χ0n) is 12.3. The van der Waals surface area contributed by atoms with E-state index in [1.807, 2.05) is 17.8 Å². The van der Waals surface area contributed by atoms with E-state index in [4.69, 9.17) is 0 Å². The molecule has 1 aliphatic carbocycles. The molecule has 1 aromatic heterocycles. The number of hydrogen-bond donors (Lipinski definition) is 0. The minimum atomic E-state index is -0.823. The van der Waals surface area contributed by atoms with Gasteiger partial charge in [-0.25, -0.2) is 4.98 Å². The van der Waals surface area contributed by atoms with Crippen LogP contribution in [0.5, 0.6) is 0 Å². The second-order valence-electron chi connectivity index (χ2n) is 5.72. The number of amides is 1. The molecule has 0 aliphatic heterocycles. The van der Waals surface area contributed by atoms with E-state index >= 15 is 0 Å². The van der Waals surface area contributed by atoms with Crippen molar-refractivity contribution in [3.05, 3.63) is 18.2 Å². The zero-order valence-corrected chi connectivity index (χ0v) is 12.3. The average Bonchev–Trinajstić information content (AvgIpc) is 2.72. The maximum atomic E-state index is 12.7. The Kier molecular flexibility index (Phi) is 4.43. The maximum absolute atomic E-state index is 12.7. The van der Waals surface area contributed by atoms with Crippen LogP contribution in [0.15, 0.2) is 12.4 Å². The van der Waals surface area contributed by atoms with Gasteiger partial charge in [-0.3, -0.25) is 4.79 Å². The molecule has 0 bridgehead atoms. The molecular formula is C15H22N4O. The van der Waals surface area contributed by atoms with Gasteiger partial charge in [0.1, 0.15) is 11.2 Å². The van der Waals surface area contributed by atoms with Crippen LogP contribution in [0, 0.1) is 16.7 Å². The number of nitriles is 1. The number of rotatable bonds is 3. The number of nitrogens with zero attached hydrogens (tertiary/aromatic N) is 4. The van der Waals surface area contributed by atoms with Crippen molar-refractivity contribution in [1.29, 1.82) is 5.26 Å². The smallest absolute Gasteiger partial charge is 0.243 e. The van der Waals surface area contributed by atoms with Crippen molar-refractivity contribution in [1.82, 2.24) is 14.5 Å². The molecule has 0 radical (unpaired) electrons. The van der Waals surface area contributed by atoms with Gasteiger partial charge in [-0.15, -0.1) is 0 Å². The number of aromatic nitrogens is 2. The van der Waals surface area contributed by atoms with Gasteiger partial charge in [-0.2, -0.15) is 5.26 Å². The number of imidazole rings is 1. The van der Waals surface area contributed by atoms with E-state index in [1.165, 1.54) is 0 Å². The average molecular weight is 274 g/mol. The Balaban J connectivity index is 2.12. The summed E-state index contributed by atoms with van der Waals surface area (Å²) in [6.07, 6.45) is 9.14. The molecule has 5 heteroatoms. The minimum Gasteiger partial charge on any atom is -0.337 e. The third kappa shape index (κ3) is 2.84. The lowest BCUT2D eigenvalue weighted by atomic mass is 9.80. The Morgan fingerprint density at radius 2 is 2.10 bits per heavy atom. The van der Waals surface area contributed by atoms with Gasteiger partial charge in [-0.05, 0) is 12.8 Å². The first-order valence-electron chi connectivity index (χ1n) is 7.22. The van der Waals surface area contributed by atoms with Crippen LogP contribution < -0.4 is 0 Å². The summed E-state index contributed by atoms with van der Waals surface area (Å²) in [4.78, 5) is 18.6. The normalized spacial score (nSPS) is 18.1. The molecule has 1 saturated carbocycles. The molecule has 108 valence electrons. The Hall–Kier alpha value is -1.83. The van der Waals surface area contributed by atoms with E-state index < -0.39 is 5.41 Å². The third-order valence-electron chi connectivity index (χ3n) is 4.23. The fourth-order valence-corrected chi connectivity index (χ4v) is 2.90. The van der Waals surface area contributed by atoms with E-state index in [9.17, 15) is 10.1 Å².